The van der Waals surface area contributed by atoms with Crippen LogP contribution in [0.25, 0.3) is 0 Å². The van der Waals surface area contributed by atoms with E-state index in [1.165, 1.54) is 0 Å². The number of halogens is 3. The summed E-state index contributed by atoms with van der Waals surface area (Å²) in [4.78, 5) is 0. The monoisotopic (exact) mass is 448 g/mol. The Morgan fingerprint density at radius 1 is 1.14 bits per heavy atom. The molecule has 0 aliphatic heterocycles. The van der Waals surface area contributed by atoms with Crippen LogP contribution in [-0.4, -0.2) is 16.4 Å². The van der Waals surface area contributed by atoms with Gasteiger partial charge in [-0.3, -0.25) is 0 Å². The second-order valence-electron chi connectivity index (χ2n) is 0.214. The Hall–Kier alpha value is 2.10. The predicted octanol–water partition coefficient (Wildman–Crippen LogP) is 1.65. The van der Waals surface area contributed by atoms with Crippen LogP contribution in [-0.2, 0) is 25.7 Å². The second-order valence-corrected chi connectivity index (χ2v) is 12.9. The van der Waals surface area contributed by atoms with Crippen molar-refractivity contribution >= 4 is 43.1 Å². The number of hydrogen-bond acceptors (Lipinski definition) is 0. The third-order valence-electron chi connectivity index (χ3n) is 0. The Morgan fingerprint density at radius 3 is 1.14 bits per heavy atom. The first-order valence-electron chi connectivity index (χ1n) is 0.771. The summed E-state index contributed by atoms with van der Waals surface area (Å²) in [6.45, 7) is 4.50. The second kappa shape index (κ2) is 15.7. The maximum atomic E-state index is 7.50. The zero-order chi connectivity index (χ0) is 5.58. The molecule has 1 radical (unpaired) electrons. The van der Waals surface area contributed by atoms with Crippen molar-refractivity contribution < 1.29 is 25.7 Å². The SMILES string of the molecule is [C-]#[O+].[Cl][Sn]([Cl])[Cl].[Pt]. The van der Waals surface area contributed by atoms with E-state index in [1.807, 2.05) is 0 Å². The van der Waals surface area contributed by atoms with Crippen LogP contribution in [0.3, 0.4) is 0 Å². The van der Waals surface area contributed by atoms with E-state index in [-0.39, 0.29) is 21.1 Å². The molecule has 0 aromatic rings. The van der Waals surface area contributed by atoms with Gasteiger partial charge in [-0.2, -0.15) is 0 Å². The summed E-state index contributed by atoms with van der Waals surface area (Å²) in [5, 5.41) is 0. The smallest absolute Gasteiger partial charge is 0 e. The fourth-order valence-corrected chi connectivity index (χ4v) is 0. The van der Waals surface area contributed by atoms with E-state index in [9.17, 15) is 0 Å². The average Bonchev–Trinajstić information content (AvgIpc) is 1.41. The van der Waals surface area contributed by atoms with Crippen molar-refractivity contribution in [2.24, 2.45) is 0 Å². The molecule has 1 nitrogen and oxygen atoms in total. The molecule has 0 fully saturated rings. The van der Waals surface area contributed by atoms with E-state index < -0.39 is 16.4 Å². The van der Waals surface area contributed by atoms with Crippen LogP contribution in [0.1, 0.15) is 0 Å². The molecule has 0 atom stereocenters. The Kier molecular flexibility index (Phi) is 36.0. The molecule has 0 heterocycles. The summed E-state index contributed by atoms with van der Waals surface area (Å²) < 4.78 is 7.50. The largest absolute Gasteiger partial charge is 0 e. The first kappa shape index (κ1) is 16.0. The standard InChI is InChI=1S/CO.3ClH.Pt.Sn/c1-2;;;;;/h;3*1H;;/q;;;;;+3/p-3. The van der Waals surface area contributed by atoms with Gasteiger partial charge in [-0.05, 0) is 0 Å². The van der Waals surface area contributed by atoms with Crippen LogP contribution in [0.4, 0.5) is 0 Å². The number of rotatable bonds is 0. The normalized spacial score (nSPS) is 5.43. The molecule has 45 valence electrons. The van der Waals surface area contributed by atoms with Crippen LogP contribution < -0.4 is 0 Å². The van der Waals surface area contributed by atoms with Gasteiger partial charge in [0.05, 0.1) is 0 Å². The van der Waals surface area contributed by atoms with Gasteiger partial charge in [-0.25, -0.2) is 0 Å². The van der Waals surface area contributed by atoms with Gasteiger partial charge in [0.15, 0.2) is 0 Å². The van der Waals surface area contributed by atoms with Crippen LogP contribution in [0.2, 0.25) is 0 Å². The van der Waals surface area contributed by atoms with Crippen molar-refractivity contribution in [2.45, 2.75) is 0 Å². The van der Waals surface area contributed by atoms with E-state index >= 15 is 0 Å². The van der Waals surface area contributed by atoms with E-state index in [0.29, 0.717) is 0 Å². The maximum absolute atomic E-state index is 7.50. The summed E-state index contributed by atoms with van der Waals surface area (Å²) in [6, 6.07) is 0. The molecular formula is CCl3OPtSn. The molecule has 0 aliphatic carbocycles. The van der Waals surface area contributed by atoms with Gasteiger partial charge in [-0.15, -0.1) is 0 Å². The molecule has 0 rings (SSSR count). The molecule has 0 spiro atoms. The molecule has 7 heavy (non-hydrogen) atoms. The van der Waals surface area contributed by atoms with Gasteiger partial charge in [0, 0.05) is 21.1 Å². The molecule has 0 aromatic heterocycles. The summed E-state index contributed by atoms with van der Waals surface area (Å²) in [7, 11) is 15.0. The van der Waals surface area contributed by atoms with Gasteiger partial charge < -0.3 is 0 Å². The quantitative estimate of drug-likeness (QED) is 0.305. The summed E-state index contributed by atoms with van der Waals surface area (Å²) in [5.74, 6) is 0. The summed E-state index contributed by atoms with van der Waals surface area (Å²) in [6.07, 6.45) is 0. The van der Waals surface area contributed by atoms with Gasteiger partial charge in [0.1, 0.15) is 0 Å². The van der Waals surface area contributed by atoms with Crippen LogP contribution in [0, 0.1) is 6.65 Å². The zero-order valence-corrected chi connectivity index (χ0v) is 10.3. The van der Waals surface area contributed by atoms with Crippen molar-refractivity contribution in [1.29, 1.82) is 0 Å². The van der Waals surface area contributed by atoms with Crippen LogP contribution >= 0.6 is 26.8 Å². The van der Waals surface area contributed by atoms with Gasteiger partial charge in [0.25, 0.3) is 0 Å². The molecule has 0 saturated carbocycles. The van der Waals surface area contributed by atoms with E-state index in [2.05, 4.69) is 6.65 Å². The molecule has 0 saturated heterocycles. The van der Waals surface area contributed by atoms with Crippen molar-refractivity contribution in [3.63, 3.8) is 0 Å². The fourth-order valence-electron chi connectivity index (χ4n) is 0. The third-order valence-corrected chi connectivity index (χ3v) is 0. The molecule has 0 unspecified atom stereocenters. The zero-order valence-electron chi connectivity index (χ0n) is 2.86. The molecule has 0 amide bonds. The van der Waals surface area contributed by atoms with Crippen LogP contribution in [0.5, 0.6) is 0 Å². The first-order valence-corrected chi connectivity index (χ1v) is 11.6. The molecular weight excluding hydrogens is 448 g/mol. The topological polar surface area (TPSA) is 19.9 Å². The van der Waals surface area contributed by atoms with Gasteiger partial charge in [-0.1, -0.05) is 0 Å². The van der Waals surface area contributed by atoms with Crippen molar-refractivity contribution in [1.82, 2.24) is 0 Å². The fraction of sp³-hybridized carbons (Fsp3) is 0. The van der Waals surface area contributed by atoms with Crippen molar-refractivity contribution in [3.05, 3.63) is 6.65 Å². The Bertz CT molecular complexity index is 36.4. The predicted molar refractivity (Wildman–Crippen MR) is 27.2 cm³/mol. The van der Waals surface area contributed by atoms with E-state index in [0.717, 1.165) is 0 Å². The first-order chi connectivity index (χ1) is 2.73. The van der Waals surface area contributed by atoms with Gasteiger partial charge in [0.2, 0.25) is 0 Å². The molecule has 0 N–H and O–H groups in total. The third kappa shape index (κ3) is 68.4. The van der Waals surface area contributed by atoms with Crippen LogP contribution in [0.15, 0.2) is 0 Å². The van der Waals surface area contributed by atoms with Crippen molar-refractivity contribution in [3.8, 4) is 0 Å². The summed E-state index contributed by atoms with van der Waals surface area (Å²) in [5.41, 5.74) is 0. The Balaban J connectivity index is -0.0000000480. The molecule has 0 aromatic carbocycles. The van der Waals surface area contributed by atoms with Crippen molar-refractivity contribution in [2.75, 3.05) is 0 Å². The van der Waals surface area contributed by atoms with Gasteiger partial charge >= 0.3 is 54.4 Å². The Morgan fingerprint density at radius 2 is 1.14 bits per heavy atom. The molecule has 6 heteroatoms. The maximum Gasteiger partial charge on any atom is 0 e. The minimum absolute atomic E-state index is 0. The minimum Gasteiger partial charge on any atom is 0 e. The minimum atomic E-state index is -2.13. The molecule has 0 bridgehead atoms. The Labute approximate surface area is 74.6 Å². The summed E-state index contributed by atoms with van der Waals surface area (Å²) >= 11 is -2.13. The van der Waals surface area contributed by atoms with E-state index in [1.54, 1.807) is 0 Å². The molecule has 0 aliphatic rings. The number of hydrogen-bond donors (Lipinski definition) is 0. The van der Waals surface area contributed by atoms with E-state index in [4.69, 9.17) is 31.4 Å². The average molecular weight is 448 g/mol.